The molecule has 5 nitrogen and oxygen atoms in total. The van der Waals surface area contributed by atoms with Crippen molar-refractivity contribution in [3.05, 3.63) is 11.4 Å². The molecular formula is C11H19N5. The first-order valence-electron chi connectivity index (χ1n) is 5.91. The van der Waals surface area contributed by atoms with Gasteiger partial charge in [-0.15, -0.1) is 5.10 Å². The number of hydrogen-bond acceptors (Lipinski definition) is 5. The molecule has 1 aromatic rings. The zero-order valence-corrected chi connectivity index (χ0v) is 9.95. The number of nitrogens with one attached hydrogen (secondary N) is 2. The minimum Gasteiger partial charge on any atom is -0.350 e. The van der Waals surface area contributed by atoms with E-state index in [1.54, 1.807) is 0 Å². The Balaban J connectivity index is 1.99. The fourth-order valence-electron chi connectivity index (χ4n) is 1.86. The zero-order chi connectivity index (χ0) is 11.4. The molecule has 0 amide bonds. The lowest BCUT2D eigenvalue weighted by molar-refractivity contribution is 0.628. The molecule has 0 saturated carbocycles. The molecule has 1 saturated heterocycles. The first-order chi connectivity index (χ1) is 7.75. The molecule has 0 spiro atoms. The maximum absolute atomic E-state index is 4.39. The van der Waals surface area contributed by atoms with E-state index < -0.39 is 0 Å². The largest absolute Gasteiger partial charge is 0.350 e. The summed E-state index contributed by atoms with van der Waals surface area (Å²) in [6, 6.07) is 0.471. The van der Waals surface area contributed by atoms with Crippen LogP contribution in [0.3, 0.4) is 0 Å². The van der Waals surface area contributed by atoms with Crippen molar-refractivity contribution in [1.29, 1.82) is 0 Å². The standard InChI is InChI=1S/C11H19N5/c1-8-9(2)15-16-11(13-8)14-10-4-3-6-12-7-5-10/h10,12H,3-7H2,1-2H3,(H,13,14,16). The van der Waals surface area contributed by atoms with E-state index >= 15 is 0 Å². The van der Waals surface area contributed by atoms with Crippen LogP contribution in [-0.2, 0) is 0 Å². The molecule has 1 aliphatic rings. The van der Waals surface area contributed by atoms with Gasteiger partial charge in [0.05, 0.1) is 11.4 Å². The second-order valence-electron chi connectivity index (χ2n) is 4.33. The molecule has 5 heteroatoms. The summed E-state index contributed by atoms with van der Waals surface area (Å²) in [7, 11) is 0. The number of hydrogen-bond donors (Lipinski definition) is 2. The quantitative estimate of drug-likeness (QED) is 0.781. The first-order valence-corrected chi connectivity index (χ1v) is 5.91. The Kier molecular flexibility index (Phi) is 3.66. The molecule has 0 aromatic carbocycles. The number of aryl methyl sites for hydroxylation is 2. The minimum absolute atomic E-state index is 0.471. The van der Waals surface area contributed by atoms with E-state index in [9.17, 15) is 0 Å². The van der Waals surface area contributed by atoms with E-state index in [1.165, 1.54) is 12.8 Å². The van der Waals surface area contributed by atoms with Crippen molar-refractivity contribution in [2.24, 2.45) is 0 Å². The topological polar surface area (TPSA) is 62.7 Å². The molecular weight excluding hydrogens is 202 g/mol. The van der Waals surface area contributed by atoms with Gasteiger partial charge in [0.25, 0.3) is 0 Å². The van der Waals surface area contributed by atoms with Crippen molar-refractivity contribution in [1.82, 2.24) is 20.5 Å². The summed E-state index contributed by atoms with van der Waals surface area (Å²) >= 11 is 0. The Labute approximate surface area is 96.1 Å². The SMILES string of the molecule is Cc1nnc(NC2CCCNCC2)nc1C. The van der Waals surface area contributed by atoms with Crippen LogP contribution in [0.2, 0.25) is 0 Å². The van der Waals surface area contributed by atoms with Gasteiger partial charge in [-0.25, -0.2) is 4.98 Å². The second-order valence-corrected chi connectivity index (χ2v) is 4.33. The molecule has 0 aliphatic carbocycles. The van der Waals surface area contributed by atoms with E-state index in [-0.39, 0.29) is 0 Å². The smallest absolute Gasteiger partial charge is 0.243 e. The highest BCUT2D eigenvalue weighted by Crippen LogP contribution is 2.11. The first kappa shape index (κ1) is 11.3. The van der Waals surface area contributed by atoms with Gasteiger partial charge >= 0.3 is 0 Å². The van der Waals surface area contributed by atoms with Crippen molar-refractivity contribution in [3.8, 4) is 0 Å². The molecule has 16 heavy (non-hydrogen) atoms. The number of nitrogens with zero attached hydrogens (tertiary/aromatic N) is 3. The minimum atomic E-state index is 0.471. The maximum Gasteiger partial charge on any atom is 0.243 e. The monoisotopic (exact) mass is 221 g/mol. The molecule has 0 radical (unpaired) electrons. The van der Waals surface area contributed by atoms with E-state index in [0.29, 0.717) is 12.0 Å². The van der Waals surface area contributed by atoms with E-state index in [0.717, 1.165) is 30.9 Å². The molecule has 2 heterocycles. The van der Waals surface area contributed by atoms with Gasteiger partial charge in [-0.3, -0.25) is 0 Å². The zero-order valence-electron chi connectivity index (χ0n) is 9.95. The highest BCUT2D eigenvalue weighted by molar-refractivity contribution is 5.26. The fourth-order valence-corrected chi connectivity index (χ4v) is 1.86. The van der Waals surface area contributed by atoms with Crippen LogP contribution in [0.1, 0.15) is 30.7 Å². The van der Waals surface area contributed by atoms with Crippen molar-refractivity contribution in [2.45, 2.75) is 39.2 Å². The normalized spacial score (nSPS) is 21.5. The van der Waals surface area contributed by atoms with Crippen LogP contribution in [0.5, 0.6) is 0 Å². The van der Waals surface area contributed by atoms with Gasteiger partial charge in [0, 0.05) is 6.04 Å². The van der Waals surface area contributed by atoms with Crippen LogP contribution in [0.4, 0.5) is 5.95 Å². The Morgan fingerprint density at radius 2 is 2.00 bits per heavy atom. The Morgan fingerprint density at radius 3 is 2.81 bits per heavy atom. The summed E-state index contributed by atoms with van der Waals surface area (Å²) in [5, 5.41) is 14.9. The Bertz CT molecular complexity index is 344. The van der Waals surface area contributed by atoms with Crippen LogP contribution < -0.4 is 10.6 Å². The lowest BCUT2D eigenvalue weighted by Gasteiger charge is -2.15. The van der Waals surface area contributed by atoms with Gasteiger partial charge in [0.15, 0.2) is 0 Å². The summed E-state index contributed by atoms with van der Waals surface area (Å²) in [6.07, 6.45) is 3.50. The summed E-state index contributed by atoms with van der Waals surface area (Å²) in [6.45, 7) is 6.07. The van der Waals surface area contributed by atoms with Gasteiger partial charge < -0.3 is 10.6 Å². The van der Waals surface area contributed by atoms with Gasteiger partial charge in [0.2, 0.25) is 5.95 Å². The van der Waals surface area contributed by atoms with Crippen LogP contribution in [-0.4, -0.2) is 34.3 Å². The number of rotatable bonds is 2. The fraction of sp³-hybridized carbons (Fsp3) is 0.727. The summed E-state index contributed by atoms with van der Waals surface area (Å²) in [5.74, 6) is 0.662. The molecule has 2 N–H and O–H groups in total. The summed E-state index contributed by atoms with van der Waals surface area (Å²) < 4.78 is 0. The van der Waals surface area contributed by atoms with Crippen LogP contribution in [0.25, 0.3) is 0 Å². The highest BCUT2D eigenvalue weighted by atomic mass is 15.2. The predicted octanol–water partition coefficient (Wildman–Crippen LogP) is 1.04. The van der Waals surface area contributed by atoms with E-state index in [1.807, 2.05) is 13.8 Å². The molecule has 0 bridgehead atoms. The lowest BCUT2D eigenvalue weighted by Crippen LogP contribution is -2.23. The molecule has 1 aromatic heterocycles. The second kappa shape index (κ2) is 5.21. The molecule has 1 unspecified atom stereocenters. The number of aromatic nitrogens is 3. The Morgan fingerprint density at radius 1 is 1.12 bits per heavy atom. The molecule has 2 rings (SSSR count). The third-order valence-electron chi connectivity index (χ3n) is 3.00. The summed E-state index contributed by atoms with van der Waals surface area (Å²) in [5.41, 5.74) is 1.84. The van der Waals surface area contributed by atoms with Crippen LogP contribution in [0.15, 0.2) is 0 Å². The predicted molar refractivity (Wildman–Crippen MR) is 63.4 cm³/mol. The molecule has 1 fully saturated rings. The van der Waals surface area contributed by atoms with Crippen LogP contribution >= 0.6 is 0 Å². The third kappa shape index (κ3) is 2.88. The molecule has 88 valence electrons. The third-order valence-corrected chi connectivity index (χ3v) is 3.00. The Hall–Kier alpha value is -1.23. The highest BCUT2D eigenvalue weighted by Gasteiger charge is 2.13. The lowest BCUT2D eigenvalue weighted by atomic mass is 10.1. The average molecular weight is 221 g/mol. The van der Waals surface area contributed by atoms with Crippen molar-refractivity contribution in [2.75, 3.05) is 18.4 Å². The average Bonchev–Trinajstić information content (AvgIpc) is 2.52. The van der Waals surface area contributed by atoms with E-state index in [2.05, 4.69) is 25.8 Å². The maximum atomic E-state index is 4.39. The summed E-state index contributed by atoms with van der Waals surface area (Å²) in [4.78, 5) is 4.39. The van der Waals surface area contributed by atoms with Gasteiger partial charge in [-0.1, -0.05) is 0 Å². The number of anilines is 1. The van der Waals surface area contributed by atoms with Crippen molar-refractivity contribution >= 4 is 5.95 Å². The van der Waals surface area contributed by atoms with Crippen molar-refractivity contribution in [3.63, 3.8) is 0 Å². The van der Waals surface area contributed by atoms with Crippen LogP contribution in [0, 0.1) is 13.8 Å². The molecule has 1 aliphatic heterocycles. The molecule has 1 atom stereocenters. The van der Waals surface area contributed by atoms with Gasteiger partial charge in [0.1, 0.15) is 0 Å². The van der Waals surface area contributed by atoms with Crippen molar-refractivity contribution < 1.29 is 0 Å². The van der Waals surface area contributed by atoms with E-state index in [4.69, 9.17) is 0 Å². The van der Waals surface area contributed by atoms with Gasteiger partial charge in [-0.05, 0) is 46.2 Å². The van der Waals surface area contributed by atoms with Gasteiger partial charge in [-0.2, -0.15) is 5.10 Å².